The number of nitriles is 1. The Bertz CT molecular complexity index is 869. The number of rotatable bonds is 7. The zero-order valence-electron chi connectivity index (χ0n) is 16.2. The van der Waals surface area contributed by atoms with Gasteiger partial charge >= 0.3 is 5.97 Å². The summed E-state index contributed by atoms with van der Waals surface area (Å²) in [6, 6.07) is 5.32. The van der Waals surface area contributed by atoms with E-state index in [1.165, 1.54) is 27.4 Å². The maximum atomic E-state index is 12.7. The number of benzene rings is 1. The summed E-state index contributed by atoms with van der Waals surface area (Å²) in [5.41, 5.74) is 6.67. The molecule has 0 saturated carbocycles. The Morgan fingerprint density at radius 1 is 1.29 bits per heavy atom. The van der Waals surface area contributed by atoms with Crippen molar-refractivity contribution < 1.29 is 28.5 Å². The maximum Gasteiger partial charge on any atom is 0.338 e. The Kier molecular flexibility index (Phi) is 6.55. The van der Waals surface area contributed by atoms with Crippen molar-refractivity contribution in [3.63, 3.8) is 0 Å². The molecule has 0 aliphatic carbocycles. The minimum atomic E-state index is -0.829. The van der Waals surface area contributed by atoms with Crippen molar-refractivity contribution in [1.82, 2.24) is 0 Å². The summed E-state index contributed by atoms with van der Waals surface area (Å²) in [5.74, 6) is -0.191. The lowest BCUT2D eigenvalue weighted by molar-refractivity contribution is -0.138. The molecule has 1 atom stereocenters. The molecule has 1 aromatic carbocycles. The van der Waals surface area contributed by atoms with Crippen LogP contribution in [0.15, 0.2) is 47.6 Å². The molecule has 0 amide bonds. The first kappa shape index (κ1) is 20.7. The Labute approximate surface area is 163 Å². The van der Waals surface area contributed by atoms with Crippen LogP contribution in [0.1, 0.15) is 18.4 Å². The third-order valence-corrected chi connectivity index (χ3v) is 4.18. The molecule has 2 N–H and O–H groups in total. The van der Waals surface area contributed by atoms with Crippen LogP contribution in [0, 0.1) is 11.3 Å². The van der Waals surface area contributed by atoms with Gasteiger partial charge in [-0.15, -0.1) is 0 Å². The van der Waals surface area contributed by atoms with Gasteiger partial charge in [0.15, 0.2) is 11.5 Å². The highest BCUT2D eigenvalue weighted by atomic mass is 16.5. The van der Waals surface area contributed by atoms with Gasteiger partial charge in [-0.1, -0.05) is 12.7 Å². The number of ether oxygens (including phenoxy) is 5. The summed E-state index contributed by atoms with van der Waals surface area (Å²) in [6.45, 7) is 5.12. The minimum Gasteiger partial charge on any atom is -0.493 e. The third kappa shape index (κ3) is 3.74. The number of nitrogens with zero attached hydrogens (tertiary/aromatic N) is 1. The molecular weight excluding hydrogens is 364 g/mol. The molecule has 0 aromatic heterocycles. The van der Waals surface area contributed by atoms with Crippen LogP contribution in [0.4, 0.5) is 0 Å². The normalized spacial score (nSPS) is 16.0. The largest absolute Gasteiger partial charge is 0.493 e. The fourth-order valence-corrected chi connectivity index (χ4v) is 2.96. The van der Waals surface area contributed by atoms with Gasteiger partial charge < -0.3 is 29.4 Å². The highest BCUT2D eigenvalue weighted by molar-refractivity contribution is 5.92. The summed E-state index contributed by atoms with van der Waals surface area (Å²) in [4.78, 5) is 12.7. The number of hydrogen-bond acceptors (Lipinski definition) is 8. The van der Waals surface area contributed by atoms with Crippen LogP contribution in [-0.4, -0.2) is 33.9 Å². The number of methoxy groups -OCH3 is 3. The zero-order valence-corrected chi connectivity index (χ0v) is 16.2. The van der Waals surface area contributed by atoms with Crippen molar-refractivity contribution in [1.29, 1.82) is 5.26 Å². The Morgan fingerprint density at radius 3 is 2.36 bits per heavy atom. The van der Waals surface area contributed by atoms with Crippen LogP contribution < -0.4 is 19.9 Å². The average molecular weight is 386 g/mol. The third-order valence-electron chi connectivity index (χ3n) is 4.18. The van der Waals surface area contributed by atoms with Gasteiger partial charge in [0.2, 0.25) is 11.6 Å². The number of allylic oxidation sites excluding steroid dienone is 2. The molecule has 1 aliphatic rings. The van der Waals surface area contributed by atoms with Gasteiger partial charge in [0.25, 0.3) is 0 Å². The number of nitrogens with two attached hydrogens (primary N) is 1. The van der Waals surface area contributed by atoms with Gasteiger partial charge in [-0.25, -0.2) is 4.79 Å². The lowest BCUT2D eigenvalue weighted by atomic mass is 9.83. The maximum absolute atomic E-state index is 12.7. The van der Waals surface area contributed by atoms with Crippen molar-refractivity contribution in [3.8, 4) is 23.3 Å². The van der Waals surface area contributed by atoms with Crippen LogP contribution in [0.5, 0.6) is 17.2 Å². The molecule has 8 heteroatoms. The lowest BCUT2D eigenvalue weighted by Crippen LogP contribution is -2.25. The van der Waals surface area contributed by atoms with Gasteiger partial charge in [0, 0.05) is 0 Å². The van der Waals surface area contributed by atoms with Crippen molar-refractivity contribution >= 4 is 5.97 Å². The average Bonchev–Trinajstić information content (AvgIpc) is 2.70. The fraction of sp³-hybridized carbons (Fsp3) is 0.300. The summed E-state index contributed by atoms with van der Waals surface area (Å²) in [7, 11) is 4.43. The molecule has 0 bridgehead atoms. The highest BCUT2D eigenvalue weighted by Crippen LogP contribution is 2.45. The Hall–Kier alpha value is -3.60. The molecule has 8 nitrogen and oxygen atoms in total. The molecule has 0 unspecified atom stereocenters. The van der Waals surface area contributed by atoms with E-state index in [4.69, 9.17) is 29.4 Å². The first-order valence-electron chi connectivity index (χ1n) is 8.29. The van der Waals surface area contributed by atoms with E-state index < -0.39 is 11.9 Å². The van der Waals surface area contributed by atoms with Crippen molar-refractivity contribution in [2.75, 3.05) is 27.9 Å². The predicted molar refractivity (Wildman–Crippen MR) is 101 cm³/mol. The van der Waals surface area contributed by atoms with Crippen molar-refractivity contribution in [3.05, 3.63) is 53.1 Å². The van der Waals surface area contributed by atoms with Crippen LogP contribution >= 0.6 is 0 Å². The predicted octanol–water partition coefficient (Wildman–Crippen LogP) is 2.52. The number of esters is 1. The number of carbonyl (C=O) groups is 1. The van der Waals surface area contributed by atoms with Crippen LogP contribution in [0.2, 0.25) is 0 Å². The van der Waals surface area contributed by atoms with Crippen molar-refractivity contribution in [2.24, 2.45) is 5.73 Å². The smallest absolute Gasteiger partial charge is 0.338 e. The van der Waals surface area contributed by atoms with E-state index in [0.717, 1.165) is 0 Å². The van der Waals surface area contributed by atoms with Gasteiger partial charge in [0.05, 0.1) is 32.8 Å². The van der Waals surface area contributed by atoms with Crippen LogP contribution in [0.25, 0.3) is 0 Å². The SMILES string of the molecule is C=CCOC(=O)C1=C(C)OC(N)=C(C#N)[C@@H]1c1cc(OC)c(OC)c(OC)c1. The molecule has 1 heterocycles. The summed E-state index contributed by atoms with van der Waals surface area (Å²) in [6.07, 6.45) is 1.45. The molecule has 148 valence electrons. The zero-order chi connectivity index (χ0) is 20.8. The Morgan fingerprint density at radius 2 is 1.89 bits per heavy atom. The van der Waals surface area contributed by atoms with E-state index in [1.54, 1.807) is 19.1 Å². The molecule has 0 radical (unpaired) electrons. The first-order valence-corrected chi connectivity index (χ1v) is 8.29. The summed E-state index contributed by atoms with van der Waals surface area (Å²) >= 11 is 0. The molecular formula is C20H22N2O6. The van der Waals surface area contributed by atoms with E-state index >= 15 is 0 Å². The number of hydrogen-bond donors (Lipinski definition) is 1. The van der Waals surface area contributed by atoms with E-state index in [2.05, 4.69) is 6.58 Å². The molecule has 0 saturated heterocycles. The standard InChI is InChI=1S/C20H22N2O6/c1-6-7-27-20(23)16-11(2)28-19(22)13(10-21)17(16)12-8-14(24-3)18(26-5)15(9-12)25-4/h6,8-9,17H,1,7,22H2,2-5H3/t17-/m0/s1. The second kappa shape index (κ2) is 8.86. The molecule has 0 fully saturated rings. The van der Waals surface area contributed by atoms with Crippen molar-refractivity contribution in [2.45, 2.75) is 12.8 Å². The minimum absolute atomic E-state index is 0.0126. The van der Waals surface area contributed by atoms with E-state index in [1.807, 2.05) is 6.07 Å². The van der Waals surface area contributed by atoms with Gasteiger partial charge in [0.1, 0.15) is 24.0 Å². The summed E-state index contributed by atoms with van der Waals surface area (Å²) in [5, 5.41) is 9.66. The number of carbonyl (C=O) groups excluding carboxylic acids is 1. The quantitative estimate of drug-likeness (QED) is 0.562. The fourth-order valence-electron chi connectivity index (χ4n) is 2.96. The Balaban J connectivity index is 2.72. The van der Waals surface area contributed by atoms with Gasteiger partial charge in [-0.3, -0.25) is 0 Å². The second-order valence-electron chi connectivity index (χ2n) is 5.74. The van der Waals surface area contributed by atoms with Gasteiger partial charge in [-0.05, 0) is 24.6 Å². The highest BCUT2D eigenvalue weighted by Gasteiger charge is 2.37. The van der Waals surface area contributed by atoms with E-state index in [-0.39, 0.29) is 29.4 Å². The molecule has 1 aromatic rings. The molecule has 2 rings (SSSR count). The summed E-state index contributed by atoms with van der Waals surface area (Å²) < 4.78 is 26.7. The molecule has 0 spiro atoms. The second-order valence-corrected chi connectivity index (χ2v) is 5.74. The monoisotopic (exact) mass is 386 g/mol. The molecule has 1 aliphatic heterocycles. The lowest BCUT2D eigenvalue weighted by Gasteiger charge is -2.27. The first-order chi connectivity index (χ1) is 13.4. The van der Waals surface area contributed by atoms with E-state index in [0.29, 0.717) is 22.8 Å². The molecule has 28 heavy (non-hydrogen) atoms. The van der Waals surface area contributed by atoms with Crippen LogP contribution in [-0.2, 0) is 14.3 Å². The topological polar surface area (TPSA) is 113 Å². The van der Waals surface area contributed by atoms with Crippen LogP contribution in [0.3, 0.4) is 0 Å². The van der Waals surface area contributed by atoms with E-state index in [9.17, 15) is 10.1 Å². The van der Waals surface area contributed by atoms with Gasteiger partial charge in [-0.2, -0.15) is 5.26 Å².